The molecule has 0 N–H and O–H groups in total. The highest BCUT2D eigenvalue weighted by atomic mass is 19.1. The van der Waals surface area contributed by atoms with E-state index in [4.69, 9.17) is 4.74 Å². The molecule has 7 heteroatoms. The van der Waals surface area contributed by atoms with Crippen LogP contribution in [0.15, 0.2) is 60.9 Å². The second-order valence-electron chi connectivity index (χ2n) is 7.86. The second-order valence-corrected chi connectivity index (χ2v) is 7.86. The van der Waals surface area contributed by atoms with E-state index in [1.165, 1.54) is 12.1 Å². The monoisotopic (exact) mass is 406 g/mol. The van der Waals surface area contributed by atoms with Gasteiger partial charge in [-0.25, -0.2) is 9.37 Å². The van der Waals surface area contributed by atoms with E-state index >= 15 is 0 Å². The Balaban J connectivity index is 1.43. The number of hydrogen-bond donors (Lipinski definition) is 0. The predicted molar refractivity (Wildman–Crippen MR) is 110 cm³/mol. The van der Waals surface area contributed by atoms with E-state index in [1.54, 1.807) is 25.4 Å². The minimum absolute atomic E-state index is 0.0198. The highest BCUT2D eigenvalue weighted by molar-refractivity contribution is 5.94. The lowest BCUT2D eigenvalue weighted by atomic mass is 10.0. The van der Waals surface area contributed by atoms with Gasteiger partial charge in [-0.2, -0.15) is 0 Å². The van der Waals surface area contributed by atoms with Crippen LogP contribution in [0.3, 0.4) is 0 Å². The van der Waals surface area contributed by atoms with Gasteiger partial charge in [-0.05, 0) is 35.9 Å². The molecular formula is C23H23FN4O2. The molecule has 3 aromatic rings. The second kappa shape index (κ2) is 7.57. The van der Waals surface area contributed by atoms with E-state index in [0.29, 0.717) is 24.7 Å². The van der Waals surface area contributed by atoms with Crippen LogP contribution < -0.4 is 4.74 Å². The third kappa shape index (κ3) is 3.25. The summed E-state index contributed by atoms with van der Waals surface area (Å²) in [5.74, 6) is 0.382. The van der Waals surface area contributed by atoms with Gasteiger partial charge < -0.3 is 14.2 Å². The summed E-state index contributed by atoms with van der Waals surface area (Å²) in [5.41, 5.74) is 2.66. The Kier molecular flexibility index (Phi) is 4.75. The number of pyridine rings is 1. The van der Waals surface area contributed by atoms with Crippen molar-refractivity contribution in [3.05, 3.63) is 83.6 Å². The highest BCUT2D eigenvalue weighted by Crippen LogP contribution is 2.35. The predicted octanol–water partition coefficient (Wildman–Crippen LogP) is 3.11. The van der Waals surface area contributed by atoms with Crippen LogP contribution in [0, 0.1) is 5.82 Å². The Morgan fingerprint density at radius 1 is 1.07 bits per heavy atom. The van der Waals surface area contributed by atoms with Gasteiger partial charge in [0.25, 0.3) is 5.91 Å². The lowest BCUT2D eigenvalue weighted by Crippen LogP contribution is -2.49. The van der Waals surface area contributed by atoms with Crippen molar-refractivity contribution in [1.82, 2.24) is 19.4 Å². The maximum absolute atomic E-state index is 13.3. The third-order valence-electron chi connectivity index (χ3n) is 6.05. The van der Waals surface area contributed by atoms with Crippen LogP contribution in [0.1, 0.15) is 27.7 Å². The summed E-state index contributed by atoms with van der Waals surface area (Å²) >= 11 is 0. The number of carbonyl (C=O) groups excluding carboxylic acids is 1. The molecule has 2 aliphatic heterocycles. The highest BCUT2D eigenvalue weighted by Gasteiger charge is 2.44. The van der Waals surface area contributed by atoms with E-state index < -0.39 is 0 Å². The molecule has 30 heavy (non-hydrogen) atoms. The third-order valence-corrected chi connectivity index (χ3v) is 6.05. The Bertz CT molecular complexity index is 1070. The summed E-state index contributed by atoms with van der Waals surface area (Å²) < 4.78 is 20.8. The molecule has 0 bridgehead atoms. The van der Waals surface area contributed by atoms with Gasteiger partial charge in [-0.1, -0.05) is 18.2 Å². The molecular weight excluding hydrogens is 383 g/mol. The number of ether oxygens (including phenoxy) is 1. The fraction of sp³-hybridized carbons (Fsp3) is 0.304. The Hall–Kier alpha value is -3.19. The zero-order valence-corrected chi connectivity index (χ0v) is 16.7. The summed E-state index contributed by atoms with van der Waals surface area (Å²) in [6.07, 6.45) is 3.72. The standard InChI is InChI=1S/C23H23FN4O2/c1-30-22-17(4-2-10-25-22)13-26-14-20-21(15-26)28(12-16-6-8-18(24)9-7-16)23(29)19-5-3-11-27(19)20/h2-11,20-21H,12-15H2,1H3/t20-,21+/m0/s1. The molecule has 4 heterocycles. The zero-order chi connectivity index (χ0) is 20.7. The first-order valence-electron chi connectivity index (χ1n) is 10.1. The summed E-state index contributed by atoms with van der Waals surface area (Å²) in [7, 11) is 1.63. The number of halogens is 1. The molecule has 5 rings (SSSR count). The molecule has 0 radical (unpaired) electrons. The Morgan fingerprint density at radius 2 is 1.87 bits per heavy atom. The van der Waals surface area contributed by atoms with Crippen LogP contribution in [0.25, 0.3) is 0 Å². The molecule has 2 atom stereocenters. The number of likely N-dealkylation sites (tertiary alicyclic amines) is 1. The number of hydrogen-bond acceptors (Lipinski definition) is 4. The van der Waals surface area contributed by atoms with Crippen LogP contribution in [-0.2, 0) is 13.1 Å². The Morgan fingerprint density at radius 3 is 2.67 bits per heavy atom. The van der Waals surface area contributed by atoms with Gasteiger partial charge in [0, 0.05) is 44.1 Å². The average Bonchev–Trinajstić information content (AvgIpc) is 3.40. The maximum atomic E-state index is 13.3. The van der Waals surface area contributed by atoms with Gasteiger partial charge in [0.15, 0.2) is 0 Å². The van der Waals surface area contributed by atoms with E-state index in [9.17, 15) is 9.18 Å². The first-order valence-corrected chi connectivity index (χ1v) is 10.1. The zero-order valence-electron chi connectivity index (χ0n) is 16.7. The number of aromatic nitrogens is 2. The summed E-state index contributed by atoms with van der Waals surface area (Å²) in [5, 5.41) is 0. The molecule has 0 unspecified atom stereocenters. The summed E-state index contributed by atoms with van der Waals surface area (Å²) in [6, 6.07) is 14.4. The van der Waals surface area contributed by atoms with Gasteiger partial charge in [-0.15, -0.1) is 0 Å². The largest absolute Gasteiger partial charge is 0.481 e. The van der Waals surface area contributed by atoms with Crippen molar-refractivity contribution in [2.75, 3.05) is 20.2 Å². The molecule has 1 amide bonds. The van der Waals surface area contributed by atoms with Gasteiger partial charge in [0.2, 0.25) is 5.88 Å². The number of benzene rings is 1. The first kappa shape index (κ1) is 18.8. The number of methoxy groups -OCH3 is 1. The number of carbonyl (C=O) groups is 1. The lowest BCUT2D eigenvalue weighted by Gasteiger charge is -2.38. The smallest absolute Gasteiger partial charge is 0.271 e. The van der Waals surface area contributed by atoms with Gasteiger partial charge in [0.1, 0.15) is 11.5 Å². The normalized spacial score (nSPS) is 20.9. The van der Waals surface area contributed by atoms with E-state index in [1.807, 2.05) is 35.4 Å². The molecule has 0 aliphatic carbocycles. The number of rotatable bonds is 5. The van der Waals surface area contributed by atoms with Crippen molar-refractivity contribution in [3.63, 3.8) is 0 Å². The van der Waals surface area contributed by atoms with E-state index in [0.717, 1.165) is 24.2 Å². The van der Waals surface area contributed by atoms with Gasteiger partial charge >= 0.3 is 0 Å². The number of nitrogens with zero attached hydrogens (tertiary/aromatic N) is 4. The quantitative estimate of drug-likeness (QED) is 0.653. The van der Waals surface area contributed by atoms with Crippen LogP contribution in [0.2, 0.25) is 0 Å². The van der Waals surface area contributed by atoms with Crippen molar-refractivity contribution in [2.45, 2.75) is 25.2 Å². The maximum Gasteiger partial charge on any atom is 0.271 e. The minimum atomic E-state index is -0.270. The van der Waals surface area contributed by atoms with Crippen molar-refractivity contribution in [1.29, 1.82) is 0 Å². The SMILES string of the molecule is COc1ncccc1CN1C[C@@H]2[C@H](C1)n1cccc1C(=O)N2Cc1ccc(F)cc1. The van der Waals surface area contributed by atoms with Crippen LogP contribution in [-0.4, -0.2) is 51.5 Å². The van der Waals surface area contributed by atoms with Crippen molar-refractivity contribution in [3.8, 4) is 5.88 Å². The molecule has 0 spiro atoms. The molecule has 1 saturated heterocycles. The van der Waals surface area contributed by atoms with Gasteiger partial charge in [0.05, 0.1) is 19.2 Å². The molecule has 1 aromatic carbocycles. The minimum Gasteiger partial charge on any atom is -0.481 e. The molecule has 2 aromatic heterocycles. The van der Waals surface area contributed by atoms with Gasteiger partial charge in [-0.3, -0.25) is 9.69 Å². The van der Waals surface area contributed by atoms with Crippen molar-refractivity contribution >= 4 is 5.91 Å². The van der Waals surface area contributed by atoms with E-state index in [-0.39, 0.29) is 23.8 Å². The summed E-state index contributed by atoms with van der Waals surface area (Å²) in [6.45, 7) is 2.76. The molecule has 0 saturated carbocycles. The number of fused-ring (bicyclic) bond motifs is 3. The fourth-order valence-electron chi connectivity index (χ4n) is 4.66. The van der Waals surface area contributed by atoms with Crippen molar-refractivity contribution < 1.29 is 13.9 Å². The van der Waals surface area contributed by atoms with Crippen molar-refractivity contribution in [2.24, 2.45) is 0 Å². The topological polar surface area (TPSA) is 50.6 Å². The molecule has 1 fully saturated rings. The lowest BCUT2D eigenvalue weighted by molar-refractivity contribution is 0.0556. The first-order chi connectivity index (χ1) is 14.6. The number of amides is 1. The Labute approximate surface area is 174 Å². The van der Waals surface area contributed by atoms with Crippen LogP contribution in [0.5, 0.6) is 5.88 Å². The van der Waals surface area contributed by atoms with Crippen LogP contribution >= 0.6 is 0 Å². The summed E-state index contributed by atoms with van der Waals surface area (Å²) in [4.78, 5) is 21.8. The average molecular weight is 406 g/mol. The molecule has 154 valence electrons. The fourth-order valence-corrected chi connectivity index (χ4v) is 4.66. The molecule has 6 nitrogen and oxygen atoms in total. The van der Waals surface area contributed by atoms with E-state index in [2.05, 4.69) is 14.5 Å². The molecule has 2 aliphatic rings. The van der Waals surface area contributed by atoms with Crippen LogP contribution in [0.4, 0.5) is 4.39 Å².